The van der Waals surface area contributed by atoms with Gasteiger partial charge in [-0.1, -0.05) is 44.2 Å². The number of rotatable bonds is 5. The highest BCUT2D eigenvalue weighted by Gasteiger charge is 2.23. The topological polar surface area (TPSA) is 82.2 Å². The van der Waals surface area contributed by atoms with E-state index in [0.29, 0.717) is 35.2 Å². The molecule has 1 aromatic carbocycles. The zero-order valence-electron chi connectivity index (χ0n) is 18.4. The molecule has 8 nitrogen and oxygen atoms in total. The Bertz CT molecular complexity index is 1140. The van der Waals surface area contributed by atoms with Crippen LogP contribution in [-0.2, 0) is 7.05 Å². The summed E-state index contributed by atoms with van der Waals surface area (Å²) in [5.41, 5.74) is 1.19. The molecule has 3 aromatic rings. The van der Waals surface area contributed by atoms with E-state index in [4.69, 9.17) is 4.74 Å². The fourth-order valence-corrected chi connectivity index (χ4v) is 4.32. The highest BCUT2D eigenvalue weighted by molar-refractivity contribution is 5.88. The standard InChI is InChI=1S/C23H29N5O3/c1-26(13-12-16-8-5-4-6-9-16)22(29)28-19-15-24-20(25-21(19)27(2)23(28)30)17-10-7-11-18(14-17)31-3/h7,10-11,14-16H,4-6,8-9,12-13H2,1-3H3. The van der Waals surface area contributed by atoms with E-state index in [1.54, 1.807) is 32.3 Å². The van der Waals surface area contributed by atoms with E-state index in [1.807, 2.05) is 24.3 Å². The summed E-state index contributed by atoms with van der Waals surface area (Å²) in [5.74, 6) is 1.83. The molecular weight excluding hydrogens is 394 g/mol. The average Bonchev–Trinajstić information content (AvgIpc) is 3.07. The van der Waals surface area contributed by atoms with Crippen LogP contribution < -0.4 is 10.4 Å². The first-order valence-corrected chi connectivity index (χ1v) is 10.8. The van der Waals surface area contributed by atoms with Gasteiger partial charge in [0.05, 0.1) is 13.3 Å². The lowest BCUT2D eigenvalue weighted by Gasteiger charge is -2.24. The molecular formula is C23H29N5O3. The van der Waals surface area contributed by atoms with Gasteiger partial charge in [-0.3, -0.25) is 4.57 Å². The molecule has 1 fully saturated rings. The molecule has 164 valence electrons. The second kappa shape index (κ2) is 8.91. The monoisotopic (exact) mass is 423 g/mol. The number of nitrogens with zero attached hydrogens (tertiary/aromatic N) is 5. The van der Waals surface area contributed by atoms with Gasteiger partial charge in [-0.15, -0.1) is 0 Å². The molecule has 2 aromatic heterocycles. The first kappa shape index (κ1) is 21.1. The Morgan fingerprint density at radius 2 is 2.03 bits per heavy atom. The van der Waals surface area contributed by atoms with Crippen LogP contribution in [0.2, 0.25) is 0 Å². The number of imidazole rings is 1. The average molecular weight is 424 g/mol. The summed E-state index contributed by atoms with van der Waals surface area (Å²) in [5, 5.41) is 0. The van der Waals surface area contributed by atoms with Gasteiger partial charge in [0.15, 0.2) is 11.5 Å². The summed E-state index contributed by atoms with van der Waals surface area (Å²) in [7, 11) is 4.98. The molecule has 8 heteroatoms. The molecule has 31 heavy (non-hydrogen) atoms. The minimum Gasteiger partial charge on any atom is -0.497 e. The Balaban J connectivity index is 1.61. The first-order valence-electron chi connectivity index (χ1n) is 10.8. The summed E-state index contributed by atoms with van der Waals surface area (Å²) in [6, 6.07) is 7.07. The molecule has 0 aliphatic heterocycles. The van der Waals surface area contributed by atoms with Crippen molar-refractivity contribution >= 4 is 17.2 Å². The molecule has 0 atom stereocenters. The van der Waals surface area contributed by atoms with E-state index in [-0.39, 0.29) is 6.03 Å². The molecule has 1 aliphatic carbocycles. The number of methoxy groups -OCH3 is 1. The predicted octanol–water partition coefficient (Wildman–Crippen LogP) is 3.68. The van der Waals surface area contributed by atoms with E-state index in [0.717, 1.165) is 12.0 Å². The Hall–Kier alpha value is -3.16. The molecule has 0 radical (unpaired) electrons. The molecule has 0 spiro atoms. The quantitative estimate of drug-likeness (QED) is 0.625. The number of ether oxygens (including phenoxy) is 1. The maximum atomic E-state index is 13.1. The molecule has 1 saturated carbocycles. The van der Waals surface area contributed by atoms with E-state index in [2.05, 4.69) is 9.97 Å². The maximum absolute atomic E-state index is 13.1. The molecule has 2 heterocycles. The van der Waals surface area contributed by atoms with E-state index in [1.165, 1.54) is 41.2 Å². The van der Waals surface area contributed by atoms with Gasteiger partial charge in [0.1, 0.15) is 11.3 Å². The summed E-state index contributed by atoms with van der Waals surface area (Å²) in [4.78, 5) is 36.6. The van der Waals surface area contributed by atoms with Gasteiger partial charge < -0.3 is 9.64 Å². The lowest BCUT2D eigenvalue weighted by Crippen LogP contribution is -2.38. The maximum Gasteiger partial charge on any atom is 0.338 e. The number of amides is 1. The number of aryl methyl sites for hydroxylation is 1. The van der Waals surface area contributed by atoms with Crippen molar-refractivity contribution in [3.05, 3.63) is 40.9 Å². The van der Waals surface area contributed by atoms with Gasteiger partial charge >= 0.3 is 11.7 Å². The fourth-order valence-electron chi connectivity index (χ4n) is 4.32. The van der Waals surface area contributed by atoms with Gasteiger partial charge in [0, 0.05) is 26.2 Å². The highest BCUT2D eigenvalue weighted by Crippen LogP contribution is 2.26. The van der Waals surface area contributed by atoms with E-state index in [9.17, 15) is 9.59 Å². The van der Waals surface area contributed by atoms with Crippen molar-refractivity contribution in [2.24, 2.45) is 13.0 Å². The normalized spacial score (nSPS) is 14.7. The second-order valence-corrected chi connectivity index (χ2v) is 8.31. The van der Waals surface area contributed by atoms with Gasteiger partial charge in [-0.25, -0.2) is 24.1 Å². The van der Waals surface area contributed by atoms with Crippen LogP contribution in [0.3, 0.4) is 0 Å². The molecule has 4 rings (SSSR count). The van der Waals surface area contributed by atoms with Crippen LogP contribution in [0, 0.1) is 5.92 Å². The van der Waals surface area contributed by atoms with Crippen LogP contribution in [0.25, 0.3) is 22.6 Å². The Kier molecular flexibility index (Phi) is 6.06. The van der Waals surface area contributed by atoms with Crippen molar-refractivity contribution in [2.45, 2.75) is 38.5 Å². The SMILES string of the molecule is COc1cccc(-c2ncc3c(n2)n(C)c(=O)n3C(=O)N(C)CCC2CCCCC2)c1. The van der Waals surface area contributed by atoms with Gasteiger partial charge in [-0.05, 0) is 24.5 Å². The van der Waals surface area contributed by atoms with Crippen molar-refractivity contribution in [1.82, 2.24) is 24.0 Å². The van der Waals surface area contributed by atoms with Crippen molar-refractivity contribution in [1.29, 1.82) is 0 Å². The van der Waals surface area contributed by atoms with Gasteiger partial charge in [-0.2, -0.15) is 0 Å². The Morgan fingerprint density at radius 1 is 1.26 bits per heavy atom. The lowest BCUT2D eigenvalue weighted by molar-refractivity contribution is 0.203. The second-order valence-electron chi connectivity index (χ2n) is 8.31. The minimum absolute atomic E-state index is 0.343. The van der Waals surface area contributed by atoms with Crippen LogP contribution in [0.4, 0.5) is 4.79 Å². The smallest absolute Gasteiger partial charge is 0.338 e. The number of hydrogen-bond donors (Lipinski definition) is 0. The number of hydrogen-bond acceptors (Lipinski definition) is 5. The van der Waals surface area contributed by atoms with Crippen LogP contribution in [0.5, 0.6) is 5.75 Å². The number of aromatic nitrogens is 4. The molecule has 1 aliphatic rings. The molecule has 0 saturated heterocycles. The third-order valence-electron chi connectivity index (χ3n) is 6.23. The number of carbonyl (C=O) groups excluding carboxylic acids is 1. The zero-order valence-corrected chi connectivity index (χ0v) is 18.4. The largest absolute Gasteiger partial charge is 0.497 e. The summed E-state index contributed by atoms with van der Waals surface area (Å²) < 4.78 is 7.84. The number of benzene rings is 1. The van der Waals surface area contributed by atoms with Crippen LogP contribution in [0.15, 0.2) is 35.3 Å². The predicted molar refractivity (Wildman–Crippen MR) is 119 cm³/mol. The first-order chi connectivity index (χ1) is 15.0. The van der Waals surface area contributed by atoms with Gasteiger partial charge in [0.2, 0.25) is 0 Å². The van der Waals surface area contributed by atoms with E-state index < -0.39 is 5.69 Å². The minimum atomic E-state index is -0.415. The summed E-state index contributed by atoms with van der Waals surface area (Å²) >= 11 is 0. The third-order valence-corrected chi connectivity index (χ3v) is 6.23. The number of fused-ring (bicyclic) bond motifs is 1. The Labute approximate surface area is 181 Å². The van der Waals surface area contributed by atoms with E-state index >= 15 is 0 Å². The molecule has 1 amide bonds. The van der Waals surface area contributed by atoms with Crippen LogP contribution in [-0.4, -0.2) is 50.7 Å². The Morgan fingerprint density at radius 3 is 2.77 bits per heavy atom. The molecule has 0 unspecified atom stereocenters. The van der Waals surface area contributed by atoms with Crippen molar-refractivity contribution in [3.8, 4) is 17.1 Å². The number of carbonyl (C=O) groups is 1. The summed E-state index contributed by atoms with van der Waals surface area (Å²) in [6.07, 6.45) is 8.85. The molecule has 0 bridgehead atoms. The fraction of sp³-hybridized carbons (Fsp3) is 0.478. The van der Waals surface area contributed by atoms with Crippen molar-refractivity contribution in [2.75, 3.05) is 20.7 Å². The van der Waals surface area contributed by atoms with Crippen molar-refractivity contribution in [3.63, 3.8) is 0 Å². The van der Waals surface area contributed by atoms with Crippen LogP contribution >= 0.6 is 0 Å². The third kappa shape index (κ3) is 4.19. The molecule has 0 N–H and O–H groups in total. The van der Waals surface area contributed by atoms with Crippen LogP contribution in [0.1, 0.15) is 38.5 Å². The van der Waals surface area contributed by atoms with Crippen molar-refractivity contribution < 1.29 is 9.53 Å². The lowest BCUT2D eigenvalue weighted by atomic mass is 9.87. The van der Waals surface area contributed by atoms with Gasteiger partial charge in [0.25, 0.3) is 0 Å². The summed E-state index contributed by atoms with van der Waals surface area (Å²) in [6.45, 7) is 0.634. The highest BCUT2D eigenvalue weighted by atomic mass is 16.5. The zero-order chi connectivity index (χ0) is 22.0.